The van der Waals surface area contributed by atoms with Gasteiger partial charge in [0, 0.05) is 29.7 Å². The van der Waals surface area contributed by atoms with Gasteiger partial charge in [-0.05, 0) is 37.1 Å². The highest BCUT2D eigenvalue weighted by molar-refractivity contribution is 5.85. The number of aliphatic hydroxyl groups is 1. The Bertz CT molecular complexity index is 865. The Labute approximate surface area is 145 Å². The molecule has 0 amide bonds. The van der Waals surface area contributed by atoms with Gasteiger partial charge in [0.25, 0.3) is 0 Å². The van der Waals surface area contributed by atoms with Crippen LogP contribution < -0.4 is 0 Å². The van der Waals surface area contributed by atoms with Crippen LogP contribution in [-0.2, 0) is 13.0 Å². The van der Waals surface area contributed by atoms with E-state index in [1.54, 1.807) is 6.07 Å². The van der Waals surface area contributed by atoms with Crippen molar-refractivity contribution in [1.29, 1.82) is 0 Å². The number of hydrogen-bond donors (Lipinski definition) is 3. The number of aromatic amines is 1. The smallest absolute Gasteiger partial charge is 0.371 e. The Balaban J connectivity index is 1.70. The highest BCUT2D eigenvalue weighted by Gasteiger charge is 2.14. The van der Waals surface area contributed by atoms with E-state index in [0.717, 1.165) is 24.2 Å². The number of carboxylic acid groups (broad SMARTS) is 1. The standard InChI is InChI=1S/C19H22N2O4/c1-13-15(16-4-2-3-5-17(16)20-13)8-9-21(10-11-22)12-14-6-7-18(25-14)19(23)24/h2-7,20,22H,8-12H2,1H3,(H,23,24). The summed E-state index contributed by atoms with van der Waals surface area (Å²) in [4.78, 5) is 16.4. The van der Waals surface area contributed by atoms with Gasteiger partial charge in [0.15, 0.2) is 0 Å². The van der Waals surface area contributed by atoms with Gasteiger partial charge in [0.1, 0.15) is 5.76 Å². The van der Waals surface area contributed by atoms with Gasteiger partial charge in [-0.1, -0.05) is 18.2 Å². The van der Waals surface area contributed by atoms with Crippen molar-refractivity contribution < 1.29 is 19.4 Å². The van der Waals surface area contributed by atoms with Gasteiger partial charge in [-0.25, -0.2) is 4.79 Å². The number of aromatic nitrogens is 1. The molecule has 3 rings (SSSR count). The zero-order valence-electron chi connectivity index (χ0n) is 14.2. The van der Waals surface area contributed by atoms with Crippen LogP contribution in [0.25, 0.3) is 10.9 Å². The first-order valence-corrected chi connectivity index (χ1v) is 8.30. The van der Waals surface area contributed by atoms with Gasteiger partial charge >= 0.3 is 5.97 Å². The summed E-state index contributed by atoms with van der Waals surface area (Å²) in [5, 5.41) is 19.5. The Morgan fingerprint density at radius 2 is 2.00 bits per heavy atom. The third kappa shape index (κ3) is 3.92. The second-order valence-corrected chi connectivity index (χ2v) is 6.10. The average Bonchev–Trinajstić information content (AvgIpc) is 3.17. The number of aromatic carboxylic acids is 1. The molecule has 25 heavy (non-hydrogen) atoms. The molecule has 3 N–H and O–H groups in total. The molecule has 1 aromatic carbocycles. The first-order valence-electron chi connectivity index (χ1n) is 8.30. The average molecular weight is 342 g/mol. The monoisotopic (exact) mass is 342 g/mol. The summed E-state index contributed by atoms with van der Waals surface area (Å²) in [6.45, 7) is 3.82. The Morgan fingerprint density at radius 3 is 2.72 bits per heavy atom. The number of nitrogens with one attached hydrogen (secondary N) is 1. The number of carboxylic acids is 1. The summed E-state index contributed by atoms with van der Waals surface area (Å²) in [5.74, 6) is -0.553. The molecule has 0 saturated carbocycles. The minimum absolute atomic E-state index is 0.0410. The first kappa shape index (κ1) is 17.3. The Morgan fingerprint density at radius 1 is 1.20 bits per heavy atom. The van der Waals surface area contributed by atoms with Gasteiger partial charge in [-0.15, -0.1) is 0 Å². The molecule has 0 aliphatic rings. The molecule has 3 aromatic rings. The summed E-state index contributed by atoms with van der Waals surface area (Å²) in [5.41, 5.74) is 3.54. The third-order valence-corrected chi connectivity index (χ3v) is 4.37. The van der Waals surface area contributed by atoms with E-state index in [9.17, 15) is 9.90 Å². The highest BCUT2D eigenvalue weighted by Crippen LogP contribution is 2.22. The number of hydrogen-bond acceptors (Lipinski definition) is 4. The summed E-state index contributed by atoms with van der Waals surface area (Å²) in [7, 11) is 0. The van der Waals surface area contributed by atoms with Crippen LogP contribution in [0.1, 0.15) is 27.6 Å². The second-order valence-electron chi connectivity index (χ2n) is 6.10. The topological polar surface area (TPSA) is 89.7 Å². The predicted octanol–water partition coefficient (Wildman–Crippen LogP) is 2.80. The van der Waals surface area contributed by atoms with Crippen molar-refractivity contribution in [1.82, 2.24) is 9.88 Å². The third-order valence-electron chi connectivity index (χ3n) is 4.37. The molecule has 0 atom stereocenters. The fourth-order valence-corrected chi connectivity index (χ4v) is 3.14. The number of nitrogens with zero attached hydrogens (tertiary/aromatic N) is 1. The van der Waals surface area contributed by atoms with E-state index >= 15 is 0 Å². The molecule has 0 aliphatic heterocycles. The lowest BCUT2D eigenvalue weighted by Crippen LogP contribution is -2.28. The van der Waals surface area contributed by atoms with E-state index in [4.69, 9.17) is 9.52 Å². The highest BCUT2D eigenvalue weighted by atomic mass is 16.4. The maximum Gasteiger partial charge on any atom is 0.371 e. The van der Waals surface area contributed by atoms with Crippen LogP contribution in [0.2, 0.25) is 0 Å². The van der Waals surface area contributed by atoms with Crippen molar-refractivity contribution in [2.75, 3.05) is 19.7 Å². The van der Waals surface area contributed by atoms with E-state index in [0.29, 0.717) is 18.8 Å². The van der Waals surface area contributed by atoms with E-state index in [2.05, 4.69) is 28.9 Å². The molecule has 0 bridgehead atoms. The lowest BCUT2D eigenvalue weighted by atomic mass is 10.1. The molecule has 0 saturated heterocycles. The van der Waals surface area contributed by atoms with Gasteiger partial charge in [-0.3, -0.25) is 4.90 Å². The normalized spacial score (nSPS) is 11.5. The van der Waals surface area contributed by atoms with Gasteiger partial charge in [-0.2, -0.15) is 0 Å². The minimum atomic E-state index is -1.07. The number of furan rings is 1. The van der Waals surface area contributed by atoms with Crippen molar-refractivity contribution >= 4 is 16.9 Å². The zero-order chi connectivity index (χ0) is 17.8. The SMILES string of the molecule is Cc1[nH]c2ccccc2c1CCN(CCO)Cc1ccc(C(=O)O)o1. The van der Waals surface area contributed by atoms with Gasteiger partial charge in [0.2, 0.25) is 5.76 Å². The van der Waals surface area contributed by atoms with Crippen molar-refractivity contribution in [2.45, 2.75) is 19.9 Å². The van der Waals surface area contributed by atoms with Crippen molar-refractivity contribution in [3.05, 3.63) is 59.2 Å². The predicted molar refractivity (Wildman–Crippen MR) is 94.8 cm³/mol. The Hall–Kier alpha value is -2.57. The second kappa shape index (κ2) is 7.55. The number of rotatable bonds is 8. The van der Waals surface area contributed by atoms with Crippen molar-refractivity contribution in [3.63, 3.8) is 0 Å². The lowest BCUT2D eigenvalue weighted by Gasteiger charge is -2.20. The lowest BCUT2D eigenvalue weighted by molar-refractivity contribution is 0.0657. The van der Waals surface area contributed by atoms with Crippen LogP contribution in [0, 0.1) is 6.92 Å². The van der Waals surface area contributed by atoms with Crippen LogP contribution in [0.4, 0.5) is 0 Å². The molecular formula is C19H22N2O4. The van der Waals surface area contributed by atoms with E-state index in [-0.39, 0.29) is 12.4 Å². The van der Waals surface area contributed by atoms with Crippen molar-refractivity contribution in [2.24, 2.45) is 0 Å². The summed E-state index contributed by atoms with van der Waals surface area (Å²) < 4.78 is 5.32. The number of aryl methyl sites for hydroxylation is 1. The van der Waals surface area contributed by atoms with Crippen LogP contribution in [0.3, 0.4) is 0 Å². The summed E-state index contributed by atoms with van der Waals surface area (Å²) in [6, 6.07) is 11.3. The molecule has 0 aliphatic carbocycles. The molecule has 0 radical (unpaired) electrons. The number of H-pyrrole nitrogens is 1. The number of carbonyl (C=O) groups is 1. The molecule has 6 heteroatoms. The molecule has 0 fully saturated rings. The van der Waals surface area contributed by atoms with Crippen LogP contribution in [0.5, 0.6) is 0 Å². The van der Waals surface area contributed by atoms with Crippen LogP contribution in [-0.4, -0.2) is 45.8 Å². The molecule has 0 unspecified atom stereocenters. The molecule has 2 aromatic heterocycles. The van der Waals surface area contributed by atoms with E-state index in [1.807, 2.05) is 12.1 Å². The zero-order valence-corrected chi connectivity index (χ0v) is 14.2. The quantitative estimate of drug-likeness (QED) is 0.586. The Kier molecular flexibility index (Phi) is 5.21. The number of benzene rings is 1. The number of fused-ring (bicyclic) bond motifs is 1. The molecule has 0 spiro atoms. The van der Waals surface area contributed by atoms with Crippen LogP contribution >= 0.6 is 0 Å². The maximum atomic E-state index is 10.9. The summed E-state index contributed by atoms with van der Waals surface area (Å²) in [6.07, 6.45) is 0.836. The number of para-hydroxylation sites is 1. The number of aliphatic hydroxyl groups excluding tert-OH is 1. The fraction of sp³-hybridized carbons (Fsp3) is 0.316. The van der Waals surface area contributed by atoms with Crippen LogP contribution in [0.15, 0.2) is 40.8 Å². The van der Waals surface area contributed by atoms with Gasteiger partial charge < -0.3 is 19.6 Å². The van der Waals surface area contributed by atoms with E-state index < -0.39 is 5.97 Å². The molecular weight excluding hydrogens is 320 g/mol. The molecule has 6 nitrogen and oxygen atoms in total. The van der Waals surface area contributed by atoms with E-state index in [1.165, 1.54) is 17.0 Å². The summed E-state index contributed by atoms with van der Waals surface area (Å²) >= 11 is 0. The minimum Gasteiger partial charge on any atom is -0.475 e. The maximum absolute atomic E-state index is 10.9. The molecule has 2 heterocycles. The first-order chi connectivity index (χ1) is 12.1. The fourth-order valence-electron chi connectivity index (χ4n) is 3.14. The largest absolute Gasteiger partial charge is 0.475 e. The molecule has 132 valence electrons. The van der Waals surface area contributed by atoms with Crippen molar-refractivity contribution in [3.8, 4) is 0 Å². The van der Waals surface area contributed by atoms with Gasteiger partial charge in [0.05, 0.1) is 13.2 Å².